The number of ether oxygens (including phenoxy) is 1. The molecular weight excluding hydrogens is 266 g/mol. The summed E-state index contributed by atoms with van der Waals surface area (Å²) in [4.78, 5) is 0. The Morgan fingerprint density at radius 2 is 2.00 bits per heavy atom. The standard InChI is InChI=1S/C13H20BrNO/c1-4-13(2,3)16-12(9-15)10-7-5-6-8-11(10)14/h5-8,12H,4,9,15H2,1-3H3. The van der Waals surface area contributed by atoms with E-state index in [1.54, 1.807) is 0 Å². The van der Waals surface area contributed by atoms with Gasteiger partial charge in [-0.1, -0.05) is 41.1 Å². The molecule has 2 nitrogen and oxygen atoms in total. The zero-order chi connectivity index (χ0) is 12.2. The first kappa shape index (κ1) is 13.7. The Kier molecular flexibility index (Phi) is 4.96. The predicted octanol–water partition coefficient (Wildman–Crippen LogP) is 3.65. The van der Waals surface area contributed by atoms with Gasteiger partial charge in [-0.2, -0.15) is 0 Å². The van der Waals surface area contributed by atoms with Crippen molar-refractivity contribution in [1.82, 2.24) is 0 Å². The monoisotopic (exact) mass is 285 g/mol. The molecule has 0 heterocycles. The van der Waals surface area contributed by atoms with E-state index in [-0.39, 0.29) is 11.7 Å². The molecule has 16 heavy (non-hydrogen) atoms. The van der Waals surface area contributed by atoms with E-state index in [0.29, 0.717) is 6.54 Å². The molecule has 0 amide bonds. The number of hydrogen-bond donors (Lipinski definition) is 1. The lowest BCUT2D eigenvalue weighted by molar-refractivity contribution is -0.0716. The fourth-order valence-corrected chi connectivity index (χ4v) is 1.98. The molecule has 0 aliphatic carbocycles. The van der Waals surface area contributed by atoms with Gasteiger partial charge in [0.15, 0.2) is 0 Å². The van der Waals surface area contributed by atoms with E-state index in [9.17, 15) is 0 Å². The lowest BCUT2D eigenvalue weighted by Gasteiger charge is -2.30. The molecule has 1 aromatic carbocycles. The predicted molar refractivity (Wildman–Crippen MR) is 71.4 cm³/mol. The highest BCUT2D eigenvalue weighted by molar-refractivity contribution is 9.10. The van der Waals surface area contributed by atoms with Gasteiger partial charge in [0.05, 0.1) is 11.7 Å². The van der Waals surface area contributed by atoms with Gasteiger partial charge in [-0.25, -0.2) is 0 Å². The number of nitrogens with two attached hydrogens (primary N) is 1. The molecule has 2 N–H and O–H groups in total. The van der Waals surface area contributed by atoms with Crippen molar-refractivity contribution in [2.24, 2.45) is 5.73 Å². The van der Waals surface area contributed by atoms with Crippen molar-refractivity contribution in [1.29, 1.82) is 0 Å². The molecule has 1 aromatic rings. The highest BCUT2D eigenvalue weighted by Gasteiger charge is 2.23. The Bertz CT molecular complexity index is 338. The van der Waals surface area contributed by atoms with Gasteiger partial charge in [-0.15, -0.1) is 0 Å². The lowest BCUT2D eigenvalue weighted by Crippen LogP contribution is -2.29. The Hall–Kier alpha value is -0.380. The highest BCUT2D eigenvalue weighted by Crippen LogP contribution is 2.29. The molecule has 0 saturated heterocycles. The summed E-state index contributed by atoms with van der Waals surface area (Å²) in [6.07, 6.45) is 0.916. The second-order valence-corrected chi connectivity index (χ2v) is 5.33. The first-order valence-corrected chi connectivity index (χ1v) is 6.41. The molecule has 3 heteroatoms. The van der Waals surface area contributed by atoms with E-state index in [0.717, 1.165) is 16.5 Å². The molecule has 90 valence electrons. The lowest BCUT2D eigenvalue weighted by atomic mass is 10.0. The number of rotatable bonds is 5. The van der Waals surface area contributed by atoms with Crippen molar-refractivity contribution in [3.63, 3.8) is 0 Å². The van der Waals surface area contributed by atoms with Crippen LogP contribution in [0.15, 0.2) is 28.7 Å². The van der Waals surface area contributed by atoms with Gasteiger partial charge >= 0.3 is 0 Å². The normalized spacial score (nSPS) is 13.8. The summed E-state index contributed by atoms with van der Waals surface area (Å²) < 4.78 is 7.10. The fraction of sp³-hybridized carbons (Fsp3) is 0.538. The molecule has 1 atom stereocenters. The minimum Gasteiger partial charge on any atom is -0.366 e. The maximum Gasteiger partial charge on any atom is 0.0965 e. The summed E-state index contributed by atoms with van der Waals surface area (Å²) in [5, 5.41) is 0. The SMILES string of the molecule is CCC(C)(C)OC(CN)c1ccccc1Br. The van der Waals surface area contributed by atoms with Crippen LogP contribution in [0.3, 0.4) is 0 Å². The van der Waals surface area contributed by atoms with E-state index in [2.05, 4.69) is 36.7 Å². The Labute approximate surface area is 106 Å². The minimum atomic E-state index is -0.140. The molecule has 0 aliphatic heterocycles. The summed E-state index contributed by atoms with van der Waals surface area (Å²) in [6, 6.07) is 8.06. The molecular formula is C13H20BrNO. The van der Waals surface area contributed by atoms with Crippen LogP contribution in [0.5, 0.6) is 0 Å². The van der Waals surface area contributed by atoms with Crippen LogP contribution >= 0.6 is 15.9 Å². The average molecular weight is 286 g/mol. The summed E-state index contributed by atoms with van der Waals surface area (Å²) >= 11 is 3.53. The molecule has 0 fully saturated rings. The van der Waals surface area contributed by atoms with Crippen LogP contribution < -0.4 is 5.73 Å². The van der Waals surface area contributed by atoms with Gasteiger partial charge in [-0.3, -0.25) is 0 Å². The molecule has 0 saturated carbocycles. The van der Waals surface area contributed by atoms with Crippen molar-refractivity contribution >= 4 is 15.9 Å². The third kappa shape index (κ3) is 3.58. The summed E-state index contributed by atoms with van der Waals surface area (Å²) in [6.45, 7) is 6.79. The topological polar surface area (TPSA) is 35.2 Å². The van der Waals surface area contributed by atoms with E-state index in [4.69, 9.17) is 10.5 Å². The van der Waals surface area contributed by atoms with Crippen LogP contribution in [0.4, 0.5) is 0 Å². The highest BCUT2D eigenvalue weighted by atomic mass is 79.9. The van der Waals surface area contributed by atoms with Gasteiger partial charge in [-0.05, 0) is 31.9 Å². The zero-order valence-electron chi connectivity index (χ0n) is 10.2. The molecule has 0 aliphatic rings. The largest absolute Gasteiger partial charge is 0.366 e. The Morgan fingerprint density at radius 1 is 1.38 bits per heavy atom. The quantitative estimate of drug-likeness (QED) is 0.896. The molecule has 1 rings (SSSR count). The summed E-state index contributed by atoms with van der Waals surface area (Å²) in [5.41, 5.74) is 6.77. The van der Waals surface area contributed by atoms with Crippen molar-refractivity contribution in [2.45, 2.75) is 38.9 Å². The zero-order valence-corrected chi connectivity index (χ0v) is 11.8. The first-order valence-electron chi connectivity index (χ1n) is 5.62. The van der Waals surface area contributed by atoms with Crippen LogP contribution in [-0.2, 0) is 4.74 Å². The van der Waals surface area contributed by atoms with E-state index < -0.39 is 0 Å². The van der Waals surface area contributed by atoms with Crippen LogP contribution in [0, 0.1) is 0 Å². The summed E-state index contributed by atoms with van der Waals surface area (Å²) in [5.74, 6) is 0. The van der Waals surface area contributed by atoms with Crippen LogP contribution in [0.1, 0.15) is 38.9 Å². The molecule has 0 aromatic heterocycles. The number of hydrogen-bond acceptors (Lipinski definition) is 2. The fourth-order valence-electron chi connectivity index (χ4n) is 1.44. The van der Waals surface area contributed by atoms with Crippen molar-refractivity contribution < 1.29 is 4.74 Å². The van der Waals surface area contributed by atoms with E-state index >= 15 is 0 Å². The second-order valence-electron chi connectivity index (χ2n) is 4.48. The first-order chi connectivity index (χ1) is 7.50. The van der Waals surface area contributed by atoms with E-state index in [1.807, 2.05) is 24.3 Å². The van der Waals surface area contributed by atoms with Crippen molar-refractivity contribution in [3.05, 3.63) is 34.3 Å². The smallest absolute Gasteiger partial charge is 0.0965 e. The number of benzene rings is 1. The van der Waals surface area contributed by atoms with Crippen LogP contribution in [-0.4, -0.2) is 12.1 Å². The van der Waals surface area contributed by atoms with Gasteiger partial charge in [0, 0.05) is 11.0 Å². The molecule has 0 radical (unpaired) electrons. The van der Waals surface area contributed by atoms with Crippen LogP contribution in [0.25, 0.3) is 0 Å². The second kappa shape index (κ2) is 5.80. The van der Waals surface area contributed by atoms with Gasteiger partial charge < -0.3 is 10.5 Å². The Morgan fingerprint density at radius 3 is 2.50 bits per heavy atom. The molecule has 0 spiro atoms. The van der Waals surface area contributed by atoms with E-state index in [1.165, 1.54) is 0 Å². The third-order valence-corrected chi connectivity index (χ3v) is 3.50. The molecule has 0 bridgehead atoms. The van der Waals surface area contributed by atoms with Gasteiger partial charge in [0.1, 0.15) is 0 Å². The van der Waals surface area contributed by atoms with Crippen molar-refractivity contribution in [3.8, 4) is 0 Å². The summed E-state index contributed by atoms with van der Waals surface area (Å²) in [7, 11) is 0. The maximum absolute atomic E-state index is 6.05. The van der Waals surface area contributed by atoms with Crippen molar-refractivity contribution in [2.75, 3.05) is 6.54 Å². The maximum atomic E-state index is 6.05. The van der Waals surface area contributed by atoms with Crippen LogP contribution in [0.2, 0.25) is 0 Å². The molecule has 1 unspecified atom stereocenters. The van der Waals surface area contributed by atoms with Gasteiger partial charge in [0.25, 0.3) is 0 Å². The Balaban J connectivity index is 2.87. The van der Waals surface area contributed by atoms with Gasteiger partial charge in [0.2, 0.25) is 0 Å². The average Bonchev–Trinajstić information content (AvgIpc) is 2.27. The number of halogens is 1. The third-order valence-electron chi connectivity index (χ3n) is 2.78. The minimum absolute atomic E-state index is 0.0504.